The van der Waals surface area contributed by atoms with E-state index in [1.807, 2.05) is 4.90 Å². The van der Waals surface area contributed by atoms with Gasteiger partial charge in [-0.15, -0.1) is 11.3 Å². The van der Waals surface area contributed by atoms with Crippen molar-refractivity contribution in [2.45, 2.75) is 25.9 Å². The minimum absolute atomic E-state index is 0.0995. The van der Waals surface area contributed by atoms with E-state index in [0.717, 1.165) is 22.8 Å². The number of rotatable bonds is 4. The number of halogens is 4. The molecule has 2 aromatic heterocycles. The van der Waals surface area contributed by atoms with E-state index in [4.69, 9.17) is 0 Å². The molecule has 1 saturated heterocycles. The zero-order chi connectivity index (χ0) is 23.6. The number of carbonyl (C=O) groups is 1. The van der Waals surface area contributed by atoms with Crippen LogP contribution in [-0.2, 0) is 12.6 Å². The highest BCUT2D eigenvalue weighted by Gasteiger charge is 2.31. The molecule has 3 heterocycles. The van der Waals surface area contributed by atoms with Gasteiger partial charge in [0.1, 0.15) is 16.5 Å². The van der Waals surface area contributed by atoms with Crippen LogP contribution in [0, 0.1) is 12.7 Å². The number of alkyl halides is 3. The molecular formula is C23H22F4N4OS. The number of hydrogen-bond acceptors (Lipinski definition) is 5. The molecule has 10 heteroatoms. The predicted molar refractivity (Wildman–Crippen MR) is 118 cm³/mol. The first-order valence-electron chi connectivity index (χ1n) is 10.5. The molecule has 0 bridgehead atoms. The van der Waals surface area contributed by atoms with Crippen LogP contribution in [0.4, 0.5) is 23.4 Å². The van der Waals surface area contributed by atoms with Crippen LogP contribution in [0.1, 0.15) is 37.9 Å². The molecule has 4 rings (SSSR count). The van der Waals surface area contributed by atoms with Crippen LogP contribution in [0.3, 0.4) is 0 Å². The van der Waals surface area contributed by atoms with Crippen LogP contribution in [0.5, 0.6) is 0 Å². The molecule has 0 radical (unpaired) electrons. The average Bonchev–Trinajstić information content (AvgIpc) is 2.98. The zero-order valence-corrected chi connectivity index (χ0v) is 18.7. The fraction of sp³-hybridized carbons (Fsp3) is 0.348. The van der Waals surface area contributed by atoms with Gasteiger partial charge in [-0.2, -0.15) is 13.2 Å². The molecule has 0 aliphatic carbocycles. The molecule has 1 aliphatic heterocycles. The van der Waals surface area contributed by atoms with Crippen molar-refractivity contribution >= 4 is 23.1 Å². The monoisotopic (exact) mass is 478 g/mol. The van der Waals surface area contributed by atoms with Gasteiger partial charge in [0.25, 0.3) is 5.91 Å². The number of aromatic nitrogens is 2. The van der Waals surface area contributed by atoms with E-state index >= 15 is 0 Å². The summed E-state index contributed by atoms with van der Waals surface area (Å²) in [6.45, 7) is 3.85. The summed E-state index contributed by atoms with van der Waals surface area (Å²) in [5.41, 5.74) is 0.793. The fourth-order valence-electron chi connectivity index (χ4n) is 3.74. The summed E-state index contributed by atoms with van der Waals surface area (Å²) in [5.74, 6) is 0.0667. The van der Waals surface area contributed by atoms with Crippen molar-refractivity contribution in [3.63, 3.8) is 0 Å². The molecule has 33 heavy (non-hydrogen) atoms. The van der Waals surface area contributed by atoms with Crippen LogP contribution >= 0.6 is 11.3 Å². The Morgan fingerprint density at radius 2 is 1.82 bits per heavy atom. The van der Waals surface area contributed by atoms with E-state index in [1.165, 1.54) is 29.5 Å². The Morgan fingerprint density at radius 1 is 1.06 bits per heavy atom. The highest BCUT2D eigenvalue weighted by Crippen LogP contribution is 2.29. The van der Waals surface area contributed by atoms with Crippen molar-refractivity contribution in [2.24, 2.45) is 0 Å². The smallest absolute Gasteiger partial charge is 0.355 e. The zero-order valence-electron chi connectivity index (χ0n) is 17.9. The maximum absolute atomic E-state index is 13.2. The lowest BCUT2D eigenvalue weighted by atomic mass is 10.1. The second-order valence-electron chi connectivity index (χ2n) is 7.86. The Bertz CT molecular complexity index is 1110. The van der Waals surface area contributed by atoms with Crippen LogP contribution in [0.25, 0.3) is 0 Å². The topological polar surface area (TPSA) is 49.3 Å². The lowest BCUT2D eigenvalue weighted by molar-refractivity contribution is -0.137. The van der Waals surface area contributed by atoms with Crippen molar-refractivity contribution in [2.75, 3.05) is 31.1 Å². The van der Waals surface area contributed by atoms with Gasteiger partial charge in [0, 0.05) is 38.8 Å². The third-order valence-electron chi connectivity index (χ3n) is 5.49. The summed E-state index contributed by atoms with van der Waals surface area (Å²) >= 11 is 1.34. The summed E-state index contributed by atoms with van der Waals surface area (Å²) in [4.78, 5) is 25.9. The van der Waals surface area contributed by atoms with E-state index < -0.39 is 11.7 Å². The van der Waals surface area contributed by atoms with Crippen LogP contribution in [0.2, 0.25) is 0 Å². The van der Waals surface area contributed by atoms with Crippen LogP contribution in [-0.4, -0.2) is 47.0 Å². The molecule has 3 aromatic rings. The summed E-state index contributed by atoms with van der Waals surface area (Å²) in [6, 6.07) is 8.60. The Labute approximate surface area is 192 Å². The molecule has 0 unspecified atom stereocenters. The Hall–Kier alpha value is -3.01. The number of hydrogen-bond donors (Lipinski definition) is 0. The van der Waals surface area contributed by atoms with Crippen molar-refractivity contribution in [1.82, 2.24) is 14.9 Å². The summed E-state index contributed by atoms with van der Waals surface area (Å²) in [7, 11) is 0. The molecule has 0 saturated carbocycles. The quantitative estimate of drug-likeness (QED) is 0.498. The summed E-state index contributed by atoms with van der Waals surface area (Å²) in [5, 5.41) is 0.785. The second-order valence-corrected chi connectivity index (χ2v) is 8.94. The van der Waals surface area contributed by atoms with Gasteiger partial charge in [-0.3, -0.25) is 4.79 Å². The van der Waals surface area contributed by atoms with Gasteiger partial charge in [0.15, 0.2) is 0 Å². The summed E-state index contributed by atoms with van der Waals surface area (Å²) in [6.07, 6.45) is -2.39. The molecule has 0 spiro atoms. The number of amides is 1. The van der Waals surface area contributed by atoms with Gasteiger partial charge in [0.05, 0.1) is 16.3 Å². The fourth-order valence-corrected chi connectivity index (χ4v) is 4.80. The van der Waals surface area contributed by atoms with Gasteiger partial charge in [-0.25, -0.2) is 14.4 Å². The Balaban J connectivity index is 1.41. The van der Waals surface area contributed by atoms with Gasteiger partial charge in [-0.05, 0) is 43.2 Å². The minimum Gasteiger partial charge on any atom is -0.355 e. The lowest BCUT2D eigenvalue weighted by Crippen LogP contribution is -2.35. The minimum atomic E-state index is -4.42. The molecule has 0 N–H and O–H groups in total. The third-order valence-corrected chi connectivity index (χ3v) is 6.63. The highest BCUT2D eigenvalue weighted by molar-refractivity contribution is 7.13. The van der Waals surface area contributed by atoms with Crippen molar-refractivity contribution in [3.05, 3.63) is 75.1 Å². The maximum atomic E-state index is 13.2. The number of anilines is 1. The first kappa shape index (κ1) is 23.2. The van der Waals surface area contributed by atoms with Gasteiger partial charge in [-0.1, -0.05) is 12.1 Å². The van der Waals surface area contributed by atoms with Crippen molar-refractivity contribution in [1.29, 1.82) is 0 Å². The van der Waals surface area contributed by atoms with E-state index in [9.17, 15) is 22.4 Å². The molecule has 1 aromatic carbocycles. The Morgan fingerprint density at radius 3 is 2.48 bits per heavy atom. The van der Waals surface area contributed by atoms with E-state index in [-0.39, 0.29) is 11.7 Å². The van der Waals surface area contributed by atoms with E-state index in [1.54, 1.807) is 24.0 Å². The van der Waals surface area contributed by atoms with E-state index in [0.29, 0.717) is 55.4 Å². The number of thiazole rings is 1. The molecule has 174 valence electrons. The summed E-state index contributed by atoms with van der Waals surface area (Å²) < 4.78 is 51.5. The lowest BCUT2D eigenvalue weighted by Gasteiger charge is -2.23. The number of aryl methyl sites for hydroxylation is 1. The largest absolute Gasteiger partial charge is 0.417 e. The standard InChI is InChI=1S/C23H22F4N4OS/c1-15-21(33-20(29-15)13-16-3-6-18(24)7-4-16)22(32)31-10-2-9-30(11-12-31)19-8-5-17(14-28-19)23(25,26)27/h3-8,14H,2,9-13H2,1H3. The average molecular weight is 479 g/mol. The van der Waals surface area contributed by atoms with Crippen LogP contribution in [0.15, 0.2) is 42.6 Å². The molecule has 1 fully saturated rings. The third kappa shape index (κ3) is 5.50. The molecule has 1 amide bonds. The highest BCUT2D eigenvalue weighted by atomic mass is 32.1. The van der Waals surface area contributed by atoms with Gasteiger partial charge in [0.2, 0.25) is 0 Å². The molecule has 5 nitrogen and oxygen atoms in total. The second kappa shape index (κ2) is 9.46. The normalized spacial score (nSPS) is 14.9. The number of nitrogens with zero attached hydrogens (tertiary/aromatic N) is 4. The maximum Gasteiger partial charge on any atom is 0.417 e. The Kier molecular flexibility index (Phi) is 6.64. The van der Waals surface area contributed by atoms with Gasteiger partial charge < -0.3 is 9.80 Å². The SMILES string of the molecule is Cc1nc(Cc2ccc(F)cc2)sc1C(=O)N1CCCN(c2ccc(C(F)(F)F)cn2)CC1. The first-order valence-corrected chi connectivity index (χ1v) is 11.3. The van der Waals surface area contributed by atoms with Crippen molar-refractivity contribution < 1.29 is 22.4 Å². The van der Waals surface area contributed by atoms with Crippen LogP contribution < -0.4 is 4.90 Å². The molecule has 1 aliphatic rings. The predicted octanol–water partition coefficient (Wildman–Crippen LogP) is 4.95. The van der Waals surface area contributed by atoms with Gasteiger partial charge >= 0.3 is 6.18 Å². The number of carbonyl (C=O) groups excluding carboxylic acids is 1. The van der Waals surface area contributed by atoms with E-state index in [2.05, 4.69) is 9.97 Å². The first-order chi connectivity index (χ1) is 15.7. The number of pyridine rings is 1. The molecular weight excluding hydrogens is 456 g/mol. The molecule has 0 atom stereocenters. The van der Waals surface area contributed by atoms with Crippen molar-refractivity contribution in [3.8, 4) is 0 Å². The number of benzene rings is 1.